The van der Waals surface area contributed by atoms with Crippen molar-refractivity contribution in [1.82, 2.24) is 4.98 Å². The van der Waals surface area contributed by atoms with Gasteiger partial charge in [0, 0.05) is 16.8 Å². The van der Waals surface area contributed by atoms with E-state index in [0.717, 1.165) is 33.9 Å². The summed E-state index contributed by atoms with van der Waals surface area (Å²) < 4.78 is 5.15. The first-order valence-electron chi connectivity index (χ1n) is 6.71. The molecule has 0 bridgehead atoms. The number of anilines is 1. The molecule has 0 aliphatic heterocycles. The molecule has 3 rings (SSSR count). The van der Waals surface area contributed by atoms with Gasteiger partial charge in [-0.15, -0.1) is 12.6 Å². The summed E-state index contributed by atoms with van der Waals surface area (Å²) in [5.41, 5.74) is 2.13. The van der Waals surface area contributed by atoms with Crippen molar-refractivity contribution >= 4 is 29.3 Å². The van der Waals surface area contributed by atoms with E-state index < -0.39 is 0 Å². The number of aromatic nitrogens is 1. The van der Waals surface area contributed by atoms with Crippen molar-refractivity contribution in [2.45, 2.75) is 11.4 Å². The number of rotatable bonds is 4. The number of hydrogen-bond acceptors (Lipinski definition) is 4. The van der Waals surface area contributed by atoms with Crippen LogP contribution in [0.1, 0.15) is 5.56 Å². The van der Waals surface area contributed by atoms with Gasteiger partial charge in [-0.25, -0.2) is 4.98 Å². The second kappa shape index (κ2) is 6.06. The van der Waals surface area contributed by atoms with Crippen LogP contribution in [0.2, 0.25) is 0 Å². The summed E-state index contributed by atoms with van der Waals surface area (Å²) in [5.74, 6) is 1.72. The molecule has 2 aromatic carbocycles. The van der Waals surface area contributed by atoms with Crippen molar-refractivity contribution in [2.75, 3.05) is 12.4 Å². The number of ether oxygens (including phenoxy) is 1. The van der Waals surface area contributed by atoms with Crippen LogP contribution in [0.3, 0.4) is 0 Å². The molecule has 0 aliphatic carbocycles. The maximum Gasteiger partial charge on any atom is 0.126 e. The molecule has 0 radical (unpaired) electrons. The van der Waals surface area contributed by atoms with Crippen molar-refractivity contribution in [3.05, 3.63) is 60.2 Å². The van der Waals surface area contributed by atoms with E-state index in [9.17, 15) is 0 Å². The fourth-order valence-electron chi connectivity index (χ4n) is 2.14. The molecule has 0 unspecified atom stereocenters. The monoisotopic (exact) mass is 296 g/mol. The molecule has 1 heterocycles. The fourth-order valence-corrected chi connectivity index (χ4v) is 2.34. The van der Waals surface area contributed by atoms with Gasteiger partial charge in [-0.1, -0.05) is 18.2 Å². The van der Waals surface area contributed by atoms with Crippen LogP contribution in [0.25, 0.3) is 10.9 Å². The lowest BCUT2D eigenvalue weighted by molar-refractivity contribution is 0.414. The summed E-state index contributed by atoms with van der Waals surface area (Å²) in [6, 6.07) is 18.0. The Morgan fingerprint density at radius 1 is 1.05 bits per heavy atom. The summed E-state index contributed by atoms with van der Waals surface area (Å²) >= 11 is 4.35. The van der Waals surface area contributed by atoms with E-state index >= 15 is 0 Å². The van der Waals surface area contributed by atoms with Gasteiger partial charge in [0.25, 0.3) is 0 Å². The molecule has 3 nitrogen and oxygen atoms in total. The minimum atomic E-state index is 0.725. The third-order valence-corrected chi connectivity index (χ3v) is 3.59. The third-order valence-electron chi connectivity index (χ3n) is 3.31. The lowest BCUT2D eigenvalue weighted by Crippen LogP contribution is -2.01. The van der Waals surface area contributed by atoms with Gasteiger partial charge in [0.1, 0.15) is 11.6 Å². The van der Waals surface area contributed by atoms with Gasteiger partial charge in [0.05, 0.1) is 12.6 Å². The smallest absolute Gasteiger partial charge is 0.126 e. The molecule has 1 aromatic heterocycles. The number of nitrogens with one attached hydrogen (secondary N) is 1. The molecule has 0 atom stereocenters. The Balaban J connectivity index is 1.74. The number of pyridine rings is 1. The predicted octanol–water partition coefficient (Wildman–Crippen LogP) is 4.14. The predicted molar refractivity (Wildman–Crippen MR) is 89.3 cm³/mol. The molecule has 4 heteroatoms. The fraction of sp³-hybridized carbons (Fsp3) is 0.118. The molecule has 0 saturated heterocycles. The summed E-state index contributed by atoms with van der Waals surface area (Å²) in [6.45, 7) is 0.725. The van der Waals surface area contributed by atoms with E-state index in [1.165, 1.54) is 5.56 Å². The van der Waals surface area contributed by atoms with Gasteiger partial charge in [-0.05, 0) is 42.0 Å². The molecule has 0 amide bonds. The molecule has 21 heavy (non-hydrogen) atoms. The SMILES string of the molecule is COc1ccc(CNc2ccc3ccc(S)cc3n2)cc1. The zero-order chi connectivity index (χ0) is 14.7. The van der Waals surface area contributed by atoms with Crippen LogP contribution in [0.4, 0.5) is 5.82 Å². The first-order chi connectivity index (χ1) is 10.2. The third kappa shape index (κ3) is 3.28. The van der Waals surface area contributed by atoms with Crippen LogP contribution in [0.5, 0.6) is 5.75 Å². The Kier molecular flexibility index (Phi) is 3.97. The van der Waals surface area contributed by atoms with Crippen molar-refractivity contribution < 1.29 is 4.74 Å². The van der Waals surface area contributed by atoms with Crippen LogP contribution in [0.15, 0.2) is 59.5 Å². The lowest BCUT2D eigenvalue weighted by atomic mass is 10.2. The first-order valence-corrected chi connectivity index (χ1v) is 7.16. The van der Waals surface area contributed by atoms with Crippen LogP contribution in [-0.4, -0.2) is 12.1 Å². The minimum Gasteiger partial charge on any atom is -0.497 e. The van der Waals surface area contributed by atoms with Gasteiger partial charge in [0.15, 0.2) is 0 Å². The highest BCUT2D eigenvalue weighted by Gasteiger charge is 2.00. The van der Waals surface area contributed by atoms with Gasteiger partial charge in [0.2, 0.25) is 0 Å². The first kappa shape index (κ1) is 13.8. The zero-order valence-electron chi connectivity index (χ0n) is 11.7. The number of methoxy groups -OCH3 is 1. The van der Waals surface area contributed by atoms with Crippen molar-refractivity contribution in [3.63, 3.8) is 0 Å². The maximum absolute atomic E-state index is 5.15. The molecule has 106 valence electrons. The van der Waals surface area contributed by atoms with Gasteiger partial charge in [-0.3, -0.25) is 0 Å². The Morgan fingerprint density at radius 3 is 2.57 bits per heavy atom. The summed E-state index contributed by atoms with van der Waals surface area (Å²) in [5, 5.41) is 4.45. The minimum absolute atomic E-state index is 0.725. The number of hydrogen-bond donors (Lipinski definition) is 2. The van der Waals surface area contributed by atoms with Crippen molar-refractivity contribution in [1.29, 1.82) is 0 Å². The van der Waals surface area contributed by atoms with Crippen LogP contribution < -0.4 is 10.1 Å². The van der Waals surface area contributed by atoms with E-state index in [4.69, 9.17) is 4.74 Å². The van der Waals surface area contributed by atoms with Crippen LogP contribution in [0, 0.1) is 0 Å². The van der Waals surface area contributed by atoms with Gasteiger partial charge >= 0.3 is 0 Å². The Bertz CT molecular complexity index is 756. The summed E-state index contributed by atoms with van der Waals surface area (Å²) in [7, 11) is 1.67. The van der Waals surface area contributed by atoms with Crippen LogP contribution >= 0.6 is 12.6 Å². The molecular weight excluding hydrogens is 280 g/mol. The zero-order valence-corrected chi connectivity index (χ0v) is 12.6. The second-order valence-electron chi connectivity index (χ2n) is 4.78. The largest absolute Gasteiger partial charge is 0.497 e. The molecule has 0 spiro atoms. The normalized spacial score (nSPS) is 10.6. The highest BCUT2D eigenvalue weighted by molar-refractivity contribution is 7.80. The van der Waals surface area contributed by atoms with Gasteiger partial charge in [-0.2, -0.15) is 0 Å². The molecule has 3 aromatic rings. The van der Waals surface area contributed by atoms with E-state index in [2.05, 4.69) is 29.0 Å². The molecule has 0 aliphatic rings. The highest BCUT2D eigenvalue weighted by Crippen LogP contribution is 2.19. The van der Waals surface area contributed by atoms with Crippen molar-refractivity contribution in [2.24, 2.45) is 0 Å². The highest BCUT2D eigenvalue weighted by atomic mass is 32.1. The number of nitrogens with zero attached hydrogens (tertiary/aromatic N) is 1. The standard InChI is InChI=1S/C17H16N2OS/c1-20-14-6-2-12(3-7-14)11-18-17-9-5-13-4-8-15(21)10-16(13)19-17/h2-10,21H,11H2,1H3,(H,18,19). The molecular formula is C17H16N2OS. The van der Waals surface area contributed by atoms with E-state index in [0.29, 0.717) is 0 Å². The summed E-state index contributed by atoms with van der Waals surface area (Å²) in [6.07, 6.45) is 0. The van der Waals surface area contributed by atoms with E-state index in [1.54, 1.807) is 7.11 Å². The van der Waals surface area contributed by atoms with E-state index in [1.807, 2.05) is 48.5 Å². The molecule has 0 saturated carbocycles. The Hall–Kier alpha value is -2.20. The quantitative estimate of drug-likeness (QED) is 0.710. The Labute approximate surface area is 129 Å². The topological polar surface area (TPSA) is 34.1 Å². The maximum atomic E-state index is 5.15. The van der Waals surface area contributed by atoms with Crippen molar-refractivity contribution in [3.8, 4) is 5.75 Å². The average molecular weight is 296 g/mol. The molecule has 1 N–H and O–H groups in total. The Morgan fingerprint density at radius 2 is 1.81 bits per heavy atom. The van der Waals surface area contributed by atoms with E-state index in [-0.39, 0.29) is 0 Å². The van der Waals surface area contributed by atoms with Gasteiger partial charge < -0.3 is 10.1 Å². The number of benzene rings is 2. The summed E-state index contributed by atoms with van der Waals surface area (Å²) in [4.78, 5) is 5.52. The number of thiol groups is 1. The second-order valence-corrected chi connectivity index (χ2v) is 5.29. The number of fused-ring (bicyclic) bond motifs is 1. The lowest BCUT2D eigenvalue weighted by Gasteiger charge is -2.08. The molecule has 0 fully saturated rings. The average Bonchev–Trinajstić information content (AvgIpc) is 2.53. The van der Waals surface area contributed by atoms with Crippen LogP contribution in [-0.2, 0) is 6.54 Å².